The van der Waals surface area contributed by atoms with Crippen LogP contribution in [0.1, 0.15) is 49.9 Å². The van der Waals surface area contributed by atoms with Gasteiger partial charge in [0.05, 0.1) is 12.6 Å². The second kappa shape index (κ2) is 7.25. The molecule has 1 unspecified atom stereocenters. The molecule has 1 aromatic heterocycles. The zero-order valence-corrected chi connectivity index (χ0v) is 16.7. The van der Waals surface area contributed by atoms with Gasteiger partial charge in [0.1, 0.15) is 5.75 Å². The van der Waals surface area contributed by atoms with Gasteiger partial charge in [0, 0.05) is 29.7 Å². The quantitative estimate of drug-likeness (QED) is 0.804. The minimum atomic E-state index is -0.0197. The number of rotatable bonds is 5. The Labute approximate surface area is 162 Å². The van der Waals surface area contributed by atoms with Gasteiger partial charge >= 0.3 is 0 Å². The maximum absolute atomic E-state index is 6.93. The molecular formula is C23H31N3O. The van der Waals surface area contributed by atoms with E-state index >= 15 is 0 Å². The number of nitrogens with two attached hydrogens (primary N) is 1. The van der Waals surface area contributed by atoms with Gasteiger partial charge in [-0.3, -0.25) is 9.88 Å². The number of ether oxygens (including phenoxy) is 1. The van der Waals surface area contributed by atoms with Crippen molar-refractivity contribution in [3.8, 4) is 5.75 Å². The second-order valence-corrected chi connectivity index (χ2v) is 8.45. The van der Waals surface area contributed by atoms with Gasteiger partial charge in [-0.25, -0.2) is 0 Å². The third-order valence-electron chi connectivity index (χ3n) is 6.59. The molecule has 4 heterocycles. The van der Waals surface area contributed by atoms with Gasteiger partial charge in [0.25, 0.3) is 0 Å². The monoisotopic (exact) mass is 365 g/mol. The molecule has 4 heteroatoms. The molecule has 3 aliphatic rings. The van der Waals surface area contributed by atoms with E-state index in [0.717, 1.165) is 47.8 Å². The van der Waals surface area contributed by atoms with E-state index in [2.05, 4.69) is 49.6 Å². The Morgan fingerprint density at radius 3 is 2.78 bits per heavy atom. The number of hydrogen-bond acceptors (Lipinski definition) is 4. The van der Waals surface area contributed by atoms with Crippen molar-refractivity contribution in [3.63, 3.8) is 0 Å². The fraction of sp³-hybridized carbons (Fsp3) is 0.522. The predicted octanol–water partition coefficient (Wildman–Crippen LogP) is 4.26. The lowest BCUT2D eigenvalue weighted by atomic mass is 9.73. The summed E-state index contributed by atoms with van der Waals surface area (Å²) in [5.74, 6) is 2.56. The molecule has 0 saturated carbocycles. The highest BCUT2D eigenvalue weighted by Gasteiger charge is 2.41. The Balaban J connectivity index is 1.76. The van der Waals surface area contributed by atoms with E-state index < -0.39 is 0 Å². The van der Waals surface area contributed by atoms with Crippen molar-refractivity contribution < 1.29 is 4.74 Å². The second-order valence-electron chi connectivity index (χ2n) is 8.45. The van der Waals surface area contributed by atoms with Crippen LogP contribution >= 0.6 is 0 Å². The number of piperidine rings is 3. The lowest BCUT2D eigenvalue weighted by molar-refractivity contribution is 0.00748. The molecule has 2 bridgehead atoms. The molecular weight excluding hydrogens is 334 g/mol. The van der Waals surface area contributed by atoms with Crippen LogP contribution in [-0.2, 0) is 0 Å². The highest BCUT2D eigenvalue weighted by Crippen LogP contribution is 2.42. The average molecular weight is 366 g/mol. The van der Waals surface area contributed by atoms with Crippen LogP contribution in [0.15, 0.2) is 36.9 Å². The van der Waals surface area contributed by atoms with E-state index in [1.807, 2.05) is 6.07 Å². The zero-order valence-electron chi connectivity index (χ0n) is 16.7. The summed E-state index contributed by atoms with van der Waals surface area (Å²) in [7, 11) is 1.71. The first-order chi connectivity index (χ1) is 13.0. The predicted molar refractivity (Wildman–Crippen MR) is 111 cm³/mol. The maximum atomic E-state index is 6.93. The molecule has 5 atom stereocenters. The molecule has 0 spiro atoms. The number of benzene rings is 1. The summed E-state index contributed by atoms with van der Waals surface area (Å²) < 4.78 is 5.47. The zero-order chi connectivity index (χ0) is 19.1. The Morgan fingerprint density at radius 2 is 2.15 bits per heavy atom. The smallest absolute Gasteiger partial charge is 0.119 e. The lowest BCUT2D eigenvalue weighted by Crippen LogP contribution is -2.56. The number of hydrogen-bond donors (Lipinski definition) is 1. The van der Waals surface area contributed by atoms with Crippen molar-refractivity contribution in [1.29, 1.82) is 0 Å². The van der Waals surface area contributed by atoms with Crippen molar-refractivity contribution in [1.82, 2.24) is 9.88 Å². The summed E-state index contributed by atoms with van der Waals surface area (Å²) in [6, 6.07) is 8.72. The summed E-state index contributed by atoms with van der Waals surface area (Å²) in [5.41, 5.74) is 10.3. The SMILES string of the molecule is C=C[C@H]1CN2CC[C@H]1C[C@@H]2[C@@H](N)c1cc(C(C)C)nc2ccc(OC)cc12. The number of pyridine rings is 1. The summed E-state index contributed by atoms with van der Waals surface area (Å²) >= 11 is 0. The number of methoxy groups -OCH3 is 1. The molecule has 0 aliphatic carbocycles. The molecule has 2 N–H and O–H groups in total. The average Bonchev–Trinajstić information content (AvgIpc) is 2.71. The van der Waals surface area contributed by atoms with Crippen molar-refractivity contribution in [3.05, 3.63) is 48.2 Å². The van der Waals surface area contributed by atoms with Gasteiger partial charge in [0.15, 0.2) is 0 Å². The Kier molecular flexibility index (Phi) is 4.95. The third-order valence-corrected chi connectivity index (χ3v) is 6.59. The fourth-order valence-electron chi connectivity index (χ4n) is 4.91. The first-order valence-corrected chi connectivity index (χ1v) is 10.1. The molecule has 27 heavy (non-hydrogen) atoms. The first kappa shape index (κ1) is 18.5. The molecule has 3 aliphatic heterocycles. The highest BCUT2D eigenvalue weighted by molar-refractivity contribution is 5.84. The minimum Gasteiger partial charge on any atom is -0.497 e. The summed E-state index contributed by atoms with van der Waals surface area (Å²) in [6.07, 6.45) is 4.56. The van der Waals surface area contributed by atoms with E-state index in [9.17, 15) is 0 Å². The van der Waals surface area contributed by atoms with Crippen molar-refractivity contribution >= 4 is 10.9 Å². The number of aromatic nitrogens is 1. The molecule has 1 aromatic carbocycles. The molecule has 0 amide bonds. The normalized spacial score (nSPS) is 28.5. The van der Waals surface area contributed by atoms with Gasteiger partial charge in [-0.05, 0) is 67.0 Å². The van der Waals surface area contributed by atoms with Crippen LogP contribution in [0.25, 0.3) is 10.9 Å². The Bertz CT molecular complexity index is 847. The van der Waals surface area contributed by atoms with E-state index in [0.29, 0.717) is 17.9 Å². The van der Waals surface area contributed by atoms with E-state index in [1.165, 1.54) is 12.0 Å². The Morgan fingerprint density at radius 1 is 1.33 bits per heavy atom. The first-order valence-electron chi connectivity index (χ1n) is 10.1. The van der Waals surface area contributed by atoms with Crippen molar-refractivity contribution in [2.75, 3.05) is 20.2 Å². The van der Waals surface area contributed by atoms with Crippen LogP contribution in [0.3, 0.4) is 0 Å². The van der Waals surface area contributed by atoms with Crippen molar-refractivity contribution in [2.45, 2.75) is 44.7 Å². The van der Waals surface area contributed by atoms with E-state index in [1.54, 1.807) is 7.11 Å². The summed E-state index contributed by atoms with van der Waals surface area (Å²) in [6.45, 7) is 10.7. The van der Waals surface area contributed by atoms with Gasteiger partial charge < -0.3 is 10.5 Å². The third kappa shape index (κ3) is 3.26. The van der Waals surface area contributed by atoms with Gasteiger partial charge in [0.2, 0.25) is 0 Å². The molecule has 3 saturated heterocycles. The van der Waals surface area contributed by atoms with E-state index in [4.69, 9.17) is 15.5 Å². The largest absolute Gasteiger partial charge is 0.497 e. The number of nitrogens with zero attached hydrogens (tertiary/aromatic N) is 2. The summed E-state index contributed by atoms with van der Waals surface area (Å²) in [5, 5.41) is 1.12. The molecule has 3 fully saturated rings. The summed E-state index contributed by atoms with van der Waals surface area (Å²) in [4.78, 5) is 7.46. The molecule has 2 aromatic rings. The number of fused-ring (bicyclic) bond motifs is 4. The molecule has 0 radical (unpaired) electrons. The van der Waals surface area contributed by atoms with Crippen LogP contribution in [0, 0.1) is 11.8 Å². The molecule has 144 valence electrons. The van der Waals surface area contributed by atoms with Gasteiger partial charge in [-0.2, -0.15) is 0 Å². The van der Waals surface area contributed by atoms with Crippen LogP contribution in [0.5, 0.6) is 5.75 Å². The molecule has 4 nitrogen and oxygen atoms in total. The van der Waals surface area contributed by atoms with Crippen LogP contribution in [0.2, 0.25) is 0 Å². The lowest BCUT2D eigenvalue weighted by Gasteiger charge is -2.51. The van der Waals surface area contributed by atoms with Gasteiger partial charge in [-0.15, -0.1) is 6.58 Å². The minimum absolute atomic E-state index is 0.0197. The van der Waals surface area contributed by atoms with Crippen LogP contribution in [-0.4, -0.2) is 36.1 Å². The molecule has 5 rings (SSSR count). The topological polar surface area (TPSA) is 51.4 Å². The fourth-order valence-corrected chi connectivity index (χ4v) is 4.91. The van der Waals surface area contributed by atoms with Crippen molar-refractivity contribution in [2.24, 2.45) is 17.6 Å². The van der Waals surface area contributed by atoms with Gasteiger partial charge in [-0.1, -0.05) is 19.9 Å². The Hall–Kier alpha value is -1.91. The van der Waals surface area contributed by atoms with Crippen LogP contribution < -0.4 is 10.5 Å². The van der Waals surface area contributed by atoms with Crippen LogP contribution in [0.4, 0.5) is 0 Å². The van der Waals surface area contributed by atoms with E-state index in [-0.39, 0.29) is 6.04 Å². The highest BCUT2D eigenvalue weighted by atomic mass is 16.5. The maximum Gasteiger partial charge on any atom is 0.119 e. The standard InChI is InChI=1S/C23H31N3O/c1-5-15-13-26-9-8-16(15)10-22(26)23(24)19-12-21(14(2)3)25-20-7-6-17(27-4)11-18(19)20/h5-7,11-12,14-16,22-23H,1,8-10,13,24H2,2-4H3/t15-,16-,22+,23-/m0/s1.